The maximum Gasteiger partial charge on any atom is 0.250 e. The van der Waals surface area contributed by atoms with E-state index in [2.05, 4.69) is 65.4 Å². The average Bonchev–Trinajstić information content (AvgIpc) is 3.32. The van der Waals surface area contributed by atoms with E-state index in [4.69, 9.17) is 11.6 Å². The van der Waals surface area contributed by atoms with Crippen LogP contribution in [-0.2, 0) is 15.1 Å². The molecule has 0 unspecified atom stereocenters. The van der Waals surface area contributed by atoms with Crippen LogP contribution in [0.25, 0.3) is 6.08 Å². The molecule has 0 radical (unpaired) electrons. The fourth-order valence-corrected chi connectivity index (χ4v) is 7.33. The highest BCUT2D eigenvalue weighted by Crippen LogP contribution is 2.64. The number of nitrogens with one attached hydrogen (secondary N) is 1. The van der Waals surface area contributed by atoms with Gasteiger partial charge in [-0.3, -0.25) is 14.5 Å². The number of likely N-dealkylation sites (tertiary alicyclic amines) is 2. The quantitative estimate of drug-likeness (QED) is 0.454. The van der Waals surface area contributed by atoms with E-state index in [1.54, 1.807) is 6.07 Å². The van der Waals surface area contributed by atoms with E-state index in [0.717, 1.165) is 33.5 Å². The second-order valence-electron chi connectivity index (χ2n) is 11.3. The summed E-state index contributed by atoms with van der Waals surface area (Å²) < 4.78 is 0. The fraction of sp³-hybridized carbons (Fsp3) is 0.312. The van der Waals surface area contributed by atoms with E-state index in [0.29, 0.717) is 24.7 Å². The zero-order valence-corrected chi connectivity index (χ0v) is 23.0. The van der Waals surface area contributed by atoms with Crippen LogP contribution < -0.4 is 5.32 Å². The third-order valence-electron chi connectivity index (χ3n) is 8.77. The monoisotopic (exact) mass is 525 g/mol. The summed E-state index contributed by atoms with van der Waals surface area (Å²) in [6.07, 6.45) is 2.00. The first-order chi connectivity index (χ1) is 18.2. The molecule has 0 saturated carbocycles. The molecule has 0 aliphatic carbocycles. The number of carbonyl (C=O) groups is 2. The molecule has 3 heterocycles. The van der Waals surface area contributed by atoms with Gasteiger partial charge >= 0.3 is 0 Å². The van der Waals surface area contributed by atoms with Crippen molar-refractivity contribution in [3.63, 3.8) is 0 Å². The standard InChI is InChI=1S/C32H32ClN3O2/c1-20-5-9-22(10-6-20)15-24-17-35(3)19-31(29(24)37)27(23-11-7-21(2)8-12-23)18-36(4)32(31)26-16-25(33)13-14-28(26)34-30(32)38/h5-16,27H,17-19H2,1-4H3,(H,34,38)/b24-15+/t27-,31+,32+/m0/s1. The van der Waals surface area contributed by atoms with Crippen molar-refractivity contribution in [3.05, 3.63) is 105 Å². The van der Waals surface area contributed by atoms with Crippen LogP contribution in [-0.4, -0.2) is 55.2 Å². The lowest BCUT2D eigenvalue weighted by Crippen LogP contribution is -2.65. The highest BCUT2D eigenvalue weighted by molar-refractivity contribution is 6.31. The predicted molar refractivity (Wildman–Crippen MR) is 152 cm³/mol. The Kier molecular flexibility index (Phi) is 5.87. The van der Waals surface area contributed by atoms with Gasteiger partial charge in [0.1, 0.15) is 5.54 Å². The van der Waals surface area contributed by atoms with E-state index in [1.807, 2.05) is 44.4 Å². The van der Waals surface area contributed by atoms with Gasteiger partial charge in [0.2, 0.25) is 0 Å². The summed E-state index contributed by atoms with van der Waals surface area (Å²) in [7, 11) is 4.01. The van der Waals surface area contributed by atoms with E-state index in [9.17, 15) is 4.79 Å². The predicted octanol–water partition coefficient (Wildman–Crippen LogP) is 5.42. The van der Waals surface area contributed by atoms with Gasteiger partial charge in [0.25, 0.3) is 5.91 Å². The minimum atomic E-state index is -1.19. The highest BCUT2D eigenvalue weighted by Gasteiger charge is 2.74. The molecule has 0 aromatic heterocycles. The number of hydrogen-bond donors (Lipinski definition) is 1. The maximum atomic E-state index is 15.0. The third-order valence-corrected chi connectivity index (χ3v) is 9.01. The van der Waals surface area contributed by atoms with Crippen molar-refractivity contribution in [3.8, 4) is 0 Å². The summed E-state index contributed by atoms with van der Waals surface area (Å²) in [6.45, 7) is 5.67. The van der Waals surface area contributed by atoms with Crippen LogP contribution >= 0.6 is 11.6 Å². The number of rotatable bonds is 2. The van der Waals surface area contributed by atoms with Gasteiger partial charge in [-0.25, -0.2) is 0 Å². The van der Waals surface area contributed by atoms with Gasteiger partial charge in [-0.1, -0.05) is 71.3 Å². The van der Waals surface area contributed by atoms with Gasteiger partial charge in [0.15, 0.2) is 5.78 Å². The number of piperidine rings is 1. The average molecular weight is 526 g/mol. The Morgan fingerprint density at radius 3 is 2.29 bits per heavy atom. The Morgan fingerprint density at radius 2 is 1.61 bits per heavy atom. The van der Waals surface area contributed by atoms with Crippen molar-refractivity contribution >= 4 is 35.1 Å². The number of halogens is 1. The zero-order valence-electron chi connectivity index (χ0n) is 22.2. The number of anilines is 1. The van der Waals surface area contributed by atoms with Gasteiger partial charge in [0.05, 0.1) is 5.41 Å². The molecule has 5 nitrogen and oxygen atoms in total. The van der Waals surface area contributed by atoms with Crippen molar-refractivity contribution in [2.75, 3.05) is 39.0 Å². The van der Waals surface area contributed by atoms with Crippen LogP contribution in [0.1, 0.15) is 33.7 Å². The Labute approximate surface area is 229 Å². The van der Waals surface area contributed by atoms with Crippen molar-refractivity contribution in [1.29, 1.82) is 0 Å². The van der Waals surface area contributed by atoms with Crippen LogP contribution in [0.4, 0.5) is 5.69 Å². The minimum absolute atomic E-state index is 0.0362. The topological polar surface area (TPSA) is 52.7 Å². The minimum Gasteiger partial charge on any atom is -0.324 e. The summed E-state index contributed by atoms with van der Waals surface area (Å²) >= 11 is 6.53. The normalized spacial score (nSPS) is 28.4. The molecule has 6 rings (SSSR count). The van der Waals surface area contributed by atoms with E-state index >= 15 is 4.79 Å². The molecule has 3 aromatic rings. The van der Waals surface area contributed by atoms with Crippen molar-refractivity contribution < 1.29 is 9.59 Å². The number of fused-ring (bicyclic) bond motifs is 3. The first-order valence-electron chi connectivity index (χ1n) is 13.1. The molecule has 0 bridgehead atoms. The molecule has 3 aromatic carbocycles. The number of carbonyl (C=O) groups excluding carboxylic acids is 2. The number of aryl methyl sites for hydroxylation is 2. The molecule has 2 saturated heterocycles. The molecule has 1 amide bonds. The number of Topliss-reactive ketones (excluding diaryl/α,β-unsaturated/α-hetero) is 1. The number of benzene rings is 3. The van der Waals surface area contributed by atoms with Gasteiger partial charge in [-0.05, 0) is 63.3 Å². The maximum absolute atomic E-state index is 15.0. The summed E-state index contributed by atoms with van der Waals surface area (Å²) in [5, 5.41) is 3.67. The molecule has 6 heteroatoms. The summed E-state index contributed by atoms with van der Waals surface area (Å²) in [6, 6.07) is 22.1. The summed E-state index contributed by atoms with van der Waals surface area (Å²) in [4.78, 5) is 33.6. The molecular formula is C32H32ClN3O2. The third kappa shape index (κ3) is 3.46. The molecule has 38 heavy (non-hydrogen) atoms. The van der Waals surface area contributed by atoms with Gasteiger partial charge < -0.3 is 10.2 Å². The molecule has 2 spiro atoms. The SMILES string of the molecule is Cc1ccc(/C=C2\CN(C)C[C@]3(C2=O)[C@H](c2ccc(C)cc2)CN(C)[C@]32C(=O)Nc3ccc(Cl)cc32)cc1. The first kappa shape index (κ1) is 25.1. The number of hydrogen-bond acceptors (Lipinski definition) is 4. The Morgan fingerprint density at radius 1 is 0.947 bits per heavy atom. The Balaban J connectivity index is 1.63. The molecule has 1 N–H and O–H groups in total. The zero-order chi connectivity index (χ0) is 26.8. The lowest BCUT2D eigenvalue weighted by molar-refractivity contribution is -0.146. The van der Waals surface area contributed by atoms with Crippen molar-refractivity contribution in [2.45, 2.75) is 25.3 Å². The van der Waals surface area contributed by atoms with Crippen LogP contribution in [0.15, 0.2) is 72.3 Å². The lowest BCUT2D eigenvalue weighted by atomic mass is 9.56. The van der Waals surface area contributed by atoms with E-state index in [1.165, 1.54) is 5.56 Å². The summed E-state index contributed by atoms with van der Waals surface area (Å²) in [5.41, 5.74) is 4.36. The Hall–Kier alpha value is -3.25. The Bertz CT molecular complexity index is 1480. The highest BCUT2D eigenvalue weighted by atomic mass is 35.5. The lowest BCUT2D eigenvalue weighted by Gasteiger charge is -2.50. The summed E-state index contributed by atoms with van der Waals surface area (Å²) in [5.74, 6) is -0.320. The van der Waals surface area contributed by atoms with E-state index < -0.39 is 11.0 Å². The molecule has 3 aliphatic heterocycles. The number of nitrogens with zero attached hydrogens (tertiary/aromatic N) is 2. The van der Waals surface area contributed by atoms with Gasteiger partial charge in [0, 0.05) is 47.4 Å². The molecule has 3 atom stereocenters. The van der Waals surface area contributed by atoms with Crippen LogP contribution in [0.5, 0.6) is 0 Å². The number of likely N-dealkylation sites (N-methyl/N-ethyl adjacent to an activating group) is 2. The largest absolute Gasteiger partial charge is 0.324 e. The van der Waals surface area contributed by atoms with Crippen molar-refractivity contribution in [1.82, 2.24) is 9.80 Å². The second kappa shape index (κ2) is 8.91. The van der Waals surface area contributed by atoms with Gasteiger partial charge in [-0.15, -0.1) is 0 Å². The molecule has 2 fully saturated rings. The van der Waals surface area contributed by atoms with Crippen LogP contribution in [0.3, 0.4) is 0 Å². The number of amides is 1. The van der Waals surface area contributed by atoms with Crippen LogP contribution in [0.2, 0.25) is 5.02 Å². The number of ketones is 1. The second-order valence-corrected chi connectivity index (χ2v) is 11.7. The van der Waals surface area contributed by atoms with E-state index in [-0.39, 0.29) is 17.6 Å². The molecule has 3 aliphatic rings. The first-order valence-corrected chi connectivity index (χ1v) is 13.4. The molecule has 194 valence electrons. The van der Waals surface area contributed by atoms with Crippen molar-refractivity contribution in [2.24, 2.45) is 5.41 Å². The van der Waals surface area contributed by atoms with Gasteiger partial charge in [-0.2, -0.15) is 0 Å². The molecular weight excluding hydrogens is 494 g/mol. The fourth-order valence-electron chi connectivity index (χ4n) is 7.15. The smallest absolute Gasteiger partial charge is 0.250 e. The van der Waals surface area contributed by atoms with Crippen LogP contribution in [0, 0.1) is 19.3 Å².